The van der Waals surface area contributed by atoms with Gasteiger partial charge in [0.2, 0.25) is 0 Å². The number of fused-ring (bicyclic) bond motifs is 2. The van der Waals surface area contributed by atoms with Gasteiger partial charge < -0.3 is 24.8 Å². The number of hydrogen-bond acceptors (Lipinski definition) is 4. The molecule has 0 spiro atoms. The molecule has 0 aliphatic carbocycles. The Kier molecular flexibility index (Phi) is 7.70. The van der Waals surface area contributed by atoms with Crippen molar-refractivity contribution < 1.29 is 9.53 Å². The number of aromatic amines is 1. The van der Waals surface area contributed by atoms with Crippen LogP contribution in [-0.4, -0.2) is 72.1 Å². The predicted octanol–water partition coefficient (Wildman–Crippen LogP) is 5.69. The predicted molar refractivity (Wildman–Crippen MR) is 154 cm³/mol. The van der Waals surface area contributed by atoms with Crippen LogP contribution < -0.4 is 10.1 Å². The number of hydrogen-bond donors (Lipinski definition) is 2. The fourth-order valence-electron chi connectivity index (χ4n) is 7.07. The Morgan fingerprint density at radius 1 is 0.974 bits per heavy atom. The number of nitrogens with one attached hydrogen (secondary N) is 2. The van der Waals surface area contributed by atoms with E-state index < -0.39 is 0 Å². The van der Waals surface area contributed by atoms with Crippen molar-refractivity contribution in [2.75, 3.05) is 39.3 Å². The number of rotatable bonds is 7. The minimum Gasteiger partial charge on any atom is -0.494 e. The number of piperidine rings is 3. The minimum atomic E-state index is 0.00224. The summed E-state index contributed by atoms with van der Waals surface area (Å²) in [5, 5.41) is 4.39. The Balaban J connectivity index is 1.06. The Bertz CT molecular complexity index is 1230. The van der Waals surface area contributed by atoms with Gasteiger partial charge in [-0.2, -0.15) is 0 Å². The zero-order chi connectivity index (χ0) is 25.9. The van der Waals surface area contributed by atoms with Gasteiger partial charge in [0.25, 0.3) is 5.91 Å². The number of likely N-dealkylation sites (tertiary alicyclic amines) is 1. The highest BCUT2D eigenvalue weighted by molar-refractivity contribution is 6.03. The topological polar surface area (TPSA) is 60.6 Å². The molecule has 0 bridgehead atoms. The zero-order valence-electron chi connectivity index (χ0n) is 22.8. The smallest absolute Gasteiger partial charge is 0.267 e. The summed E-state index contributed by atoms with van der Waals surface area (Å²) in [5.41, 5.74) is 3.86. The largest absolute Gasteiger partial charge is 0.494 e. The van der Waals surface area contributed by atoms with Crippen molar-refractivity contribution in [2.24, 2.45) is 5.92 Å². The molecule has 1 unspecified atom stereocenters. The fourth-order valence-corrected chi connectivity index (χ4v) is 7.07. The number of aromatic nitrogens is 1. The lowest BCUT2D eigenvalue weighted by atomic mass is 9.83. The van der Waals surface area contributed by atoms with Crippen molar-refractivity contribution in [1.29, 1.82) is 0 Å². The van der Waals surface area contributed by atoms with E-state index in [0.29, 0.717) is 12.3 Å². The van der Waals surface area contributed by atoms with E-state index in [1.54, 1.807) is 0 Å². The summed E-state index contributed by atoms with van der Waals surface area (Å²) < 4.78 is 5.59. The molecule has 3 aliphatic rings. The second kappa shape index (κ2) is 11.5. The standard InChI is InChI=1S/C32H42N4O2/c1-2-38-26-13-11-23(12-14-26)27-8-5-9-29-28(27)21-30(34-29)32(37)33-25-15-19-35(20-16-25)22-24-7-6-18-36-17-4-3-10-31(24)36/h5,8-9,11-14,21,24-25,31,34H,2-4,6-7,10,15-20,22H2,1H3,(H,33,37)/t24-,31?/m0/s1. The van der Waals surface area contributed by atoms with Crippen LogP contribution in [0.25, 0.3) is 22.0 Å². The van der Waals surface area contributed by atoms with Gasteiger partial charge in [0.05, 0.1) is 6.61 Å². The third-order valence-corrected chi connectivity index (χ3v) is 9.03. The summed E-state index contributed by atoms with van der Waals surface area (Å²) in [6, 6.07) is 17.4. The molecule has 6 rings (SSSR count). The second-order valence-electron chi connectivity index (χ2n) is 11.5. The summed E-state index contributed by atoms with van der Waals surface area (Å²) in [5.74, 6) is 1.70. The van der Waals surface area contributed by atoms with Gasteiger partial charge in [0, 0.05) is 42.6 Å². The van der Waals surface area contributed by atoms with E-state index in [0.717, 1.165) is 65.7 Å². The molecule has 38 heavy (non-hydrogen) atoms. The van der Waals surface area contributed by atoms with Crippen LogP contribution in [0, 0.1) is 5.92 Å². The van der Waals surface area contributed by atoms with E-state index in [1.807, 2.05) is 37.3 Å². The van der Waals surface area contributed by atoms with Crippen molar-refractivity contribution in [3.05, 3.63) is 54.2 Å². The number of nitrogens with zero attached hydrogens (tertiary/aromatic N) is 2. The van der Waals surface area contributed by atoms with Crippen LogP contribution in [-0.2, 0) is 0 Å². The molecule has 6 heteroatoms. The molecule has 2 atom stereocenters. The van der Waals surface area contributed by atoms with Gasteiger partial charge in [-0.05, 0) is 99.8 Å². The Hall–Kier alpha value is -2.83. The summed E-state index contributed by atoms with van der Waals surface area (Å²) in [6.07, 6.45) is 8.99. The molecule has 4 heterocycles. The van der Waals surface area contributed by atoms with Crippen molar-refractivity contribution >= 4 is 16.8 Å². The van der Waals surface area contributed by atoms with E-state index in [2.05, 4.69) is 38.3 Å². The first-order valence-corrected chi connectivity index (χ1v) is 14.8. The maximum Gasteiger partial charge on any atom is 0.267 e. The highest BCUT2D eigenvalue weighted by Crippen LogP contribution is 2.33. The van der Waals surface area contributed by atoms with E-state index in [4.69, 9.17) is 4.74 Å². The first-order chi connectivity index (χ1) is 18.7. The summed E-state index contributed by atoms with van der Waals surface area (Å²) >= 11 is 0. The lowest BCUT2D eigenvalue weighted by molar-refractivity contribution is 0.0351. The van der Waals surface area contributed by atoms with Crippen LogP contribution in [0.5, 0.6) is 5.75 Å². The molecule has 3 aromatic rings. The van der Waals surface area contributed by atoms with E-state index >= 15 is 0 Å². The molecule has 1 aromatic heterocycles. The first kappa shape index (κ1) is 25.4. The van der Waals surface area contributed by atoms with Crippen LogP contribution >= 0.6 is 0 Å². The minimum absolute atomic E-state index is 0.00224. The Morgan fingerprint density at radius 2 is 1.79 bits per heavy atom. The van der Waals surface area contributed by atoms with Crippen LogP contribution in [0.4, 0.5) is 0 Å². The van der Waals surface area contributed by atoms with Crippen molar-refractivity contribution in [3.63, 3.8) is 0 Å². The number of carbonyl (C=O) groups excluding carboxylic acids is 1. The molecule has 202 valence electrons. The van der Waals surface area contributed by atoms with Crippen molar-refractivity contribution in [2.45, 2.75) is 64.0 Å². The lowest BCUT2D eigenvalue weighted by Gasteiger charge is -2.46. The van der Waals surface area contributed by atoms with Crippen LogP contribution in [0.1, 0.15) is 62.4 Å². The number of ether oxygens (including phenoxy) is 1. The average molecular weight is 515 g/mol. The molecule has 1 amide bonds. The quantitative estimate of drug-likeness (QED) is 0.425. The maximum absolute atomic E-state index is 13.2. The van der Waals surface area contributed by atoms with Gasteiger partial charge in [-0.15, -0.1) is 0 Å². The molecular formula is C32H42N4O2. The molecule has 3 aliphatic heterocycles. The molecule has 6 nitrogen and oxygen atoms in total. The molecule has 0 radical (unpaired) electrons. The Morgan fingerprint density at radius 3 is 2.61 bits per heavy atom. The number of benzene rings is 2. The third kappa shape index (κ3) is 5.48. The molecule has 3 saturated heterocycles. The molecule has 2 aromatic carbocycles. The SMILES string of the molecule is CCOc1ccc(-c2cccc3[nH]c(C(=O)NC4CCN(C[C@@H]5CCCN6CCCCC56)CC4)cc23)cc1. The highest BCUT2D eigenvalue weighted by Gasteiger charge is 2.34. The maximum atomic E-state index is 13.2. The van der Waals surface area contributed by atoms with Gasteiger partial charge in [-0.25, -0.2) is 0 Å². The van der Waals surface area contributed by atoms with Gasteiger partial charge >= 0.3 is 0 Å². The average Bonchev–Trinajstić information content (AvgIpc) is 3.40. The second-order valence-corrected chi connectivity index (χ2v) is 11.5. The summed E-state index contributed by atoms with van der Waals surface area (Å²) in [6.45, 7) is 8.68. The number of carbonyl (C=O) groups is 1. The normalized spacial score (nSPS) is 23.3. The van der Waals surface area contributed by atoms with Gasteiger partial charge in [0.1, 0.15) is 11.4 Å². The molecular weight excluding hydrogens is 472 g/mol. The Labute approximate surface area is 226 Å². The van der Waals surface area contributed by atoms with Gasteiger partial charge in [-0.1, -0.05) is 30.7 Å². The van der Waals surface area contributed by atoms with E-state index in [-0.39, 0.29) is 11.9 Å². The van der Waals surface area contributed by atoms with Crippen molar-refractivity contribution in [1.82, 2.24) is 20.1 Å². The van der Waals surface area contributed by atoms with E-state index in [9.17, 15) is 4.79 Å². The molecule has 2 N–H and O–H groups in total. The van der Waals surface area contributed by atoms with Crippen LogP contribution in [0.2, 0.25) is 0 Å². The van der Waals surface area contributed by atoms with Gasteiger partial charge in [0.15, 0.2) is 0 Å². The third-order valence-electron chi connectivity index (χ3n) is 9.03. The molecule has 0 saturated carbocycles. The zero-order valence-corrected chi connectivity index (χ0v) is 22.8. The van der Waals surface area contributed by atoms with E-state index in [1.165, 1.54) is 51.7 Å². The number of H-pyrrole nitrogens is 1. The summed E-state index contributed by atoms with van der Waals surface area (Å²) in [4.78, 5) is 22.0. The fraction of sp³-hybridized carbons (Fsp3) is 0.531. The summed E-state index contributed by atoms with van der Waals surface area (Å²) in [7, 11) is 0. The van der Waals surface area contributed by atoms with Crippen LogP contribution in [0.15, 0.2) is 48.5 Å². The van der Waals surface area contributed by atoms with Gasteiger partial charge in [-0.3, -0.25) is 4.79 Å². The first-order valence-electron chi connectivity index (χ1n) is 14.8. The van der Waals surface area contributed by atoms with Crippen molar-refractivity contribution in [3.8, 4) is 16.9 Å². The lowest BCUT2D eigenvalue weighted by Crippen LogP contribution is -2.52. The monoisotopic (exact) mass is 514 g/mol. The van der Waals surface area contributed by atoms with Crippen LogP contribution in [0.3, 0.4) is 0 Å². The number of amides is 1. The molecule has 3 fully saturated rings. The highest BCUT2D eigenvalue weighted by atomic mass is 16.5.